The van der Waals surface area contributed by atoms with Gasteiger partial charge in [0, 0.05) is 0 Å². The van der Waals surface area contributed by atoms with E-state index in [0.29, 0.717) is 5.75 Å². The molecular weight excluding hydrogens is 248 g/mol. The van der Waals surface area contributed by atoms with Crippen LogP contribution in [0.25, 0.3) is 0 Å². The minimum atomic E-state index is -0.0552. The molecule has 1 aromatic rings. The van der Waals surface area contributed by atoms with Crippen LogP contribution in [0.3, 0.4) is 0 Å². The second-order valence-corrected chi connectivity index (χ2v) is 7.15. The van der Waals surface area contributed by atoms with E-state index in [2.05, 4.69) is 27.7 Å². The van der Waals surface area contributed by atoms with Crippen LogP contribution in [-0.4, -0.2) is 5.97 Å². The van der Waals surface area contributed by atoms with Crippen LogP contribution < -0.4 is 4.74 Å². The van der Waals surface area contributed by atoms with Crippen molar-refractivity contribution < 1.29 is 9.53 Å². The van der Waals surface area contributed by atoms with Crippen LogP contribution in [0.5, 0.6) is 5.75 Å². The van der Waals surface area contributed by atoms with Crippen LogP contribution >= 0.6 is 0 Å². The highest BCUT2D eigenvalue weighted by Crippen LogP contribution is 2.30. The molecule has 2 heteroatoms. The van der Waals surface area contributed by atoms with Crippen molar-refractivity contribution in [2.45, 2.75) is 58.8 Å². The van der Waals surface area contributed by atoms with Gasteiger partial charge in [0.05, 0.1) is 5.92 Å². The number of hydrogen-bond acceptors (Lipinski definition) is 2. The van der Waals surface area contributed by atoms with Crippen LogP contribution in [0.1, 0.15) is 58.9 Å². The van der Waals surface area contributed by atoms with E-state index in [-0.39, 0.29) is 17.3 Å². The maximum Gasteiger partial charge on any atom is 0.314 e. The maximum absolute atomic E-state index is 12.1. The van der Waals surface area contributed by atoms with Crippen molar-refractivity contribution in [3.8, 4) is 5.75 Å². The van der Waals surface area contributed by atoms with Gasteiger partial charge in [-0.2, -0.15) is 0 Å². The second-order valence-electron chi connectivity index (χ2n) is 7.15. The molecule has 0 saturated heterocycles. The minimum absolute atomic E-state index is 0.0552. The summed E-state index contributed by atoms with van der Waals surface area (Å²) in [4.78, 5) is 12.1. The van der Waals surface area contributed by atoms with E-state index in [0.717, 1.165) is 31.6 Å². The van der Waals surface area contributed by atoms with E-state index in [4.69, 9.17) is 4.74 Å². The Bertz CT molecular complexity index is 445. The van der Waals surface area contributed by atoms with E-state index in [9.17, 15) is 4.79 Å². The zero-order valence-electron chi connectivity index (χ0n) is 13.1. The van der Waals surface area contributed by atoms with Crippen molar-refractivity contribution in [2.75, 3.05) is 0 Å². The monoisotopic (exact) mass is 274 g/mol. The average molecular weight is 274 g/mol. The van der Waals surface area contributed by atoms with Gasteiger partial charge in [0.15, 0.2) is 0 Å². The molecular formula is C18H26O2. The molecule has 0 atom stereocenters. The Morgan fingerprint density at radius 1 is 1.05 bits per heavy atom. The fraction of sp³-hybridized carbons (Fsp3) is 0.611. The molecule has 0 amide bonds. The van der Waals surface area contributed by atoms with Crippen molar-refractivity contribution in [1.29, 1.82) is 0 Å². The summed E-state index contributed by atoms with van der Waals surface area (Å²) in [5, 5.41) is 0. The summed E-state index contributed by atoms with van der Waals surface area (Å²) in [6, 6.07) is 7.91. The zero-order chi connectivity index (χ0) is 14.8. The Morgan fingerprint density at radius 2 is 1.60 bits per heavy atom. The number of ether oxygens (including phenoxy) is 1. The molecule has 0 aliphatic heterocycles. The summed E-state index contributed by atoms with van der Waals surface area (Å²) in [7, 11) is 0. The first kappa shape index (κ1) is 15.1. The van der Waals surface area contributed by atoms with Gasteiger partial charge in [-0.3, -0.25) is 4.79 Å². The highest BCUT2D eigenvalue weighted by atomic mass is 16.5. The van der Waals surface area contributed by atoms with Gasteiger partial charge in [0.25, 0.3) is 0 Å². The minimum Gasteiger partial charge on any atom is -0.426 e. The maximum atomic E-state index is 12.1. The van der Waals surface area contributed by atoms with E-state index in [1.165, 1.54) is 5.56 Å². The highest BCUT2D eigenvalue weighted by molar-refractivity contribution is 5.75. The van der Waals surface area contributed by atoms with Gasteiger partial charge in [0.2, 0.25) is 0 Å². The van der Waals surface area contributed by atoms with Gasteiger partial charge < -0.3 is 4.74 Å². The van der Waals surface area contributed by atoms with E-state index in [1.54, 1.807) is 0 Å². The van der Waals surface area contributed by atoms with Gasteiger partial charge in [-0.1, -0.05) is 39.8 Å². The fourth-order valence-electron chi connectivity index (χ4n) is 2.72. The van der Waals surface area contributed by atoms with Gasteiger partial charge in [0.1, 0.15) is 5.75 Å². The molecule has 0 unspecified atom stereocenters. The Balaban J connectivity index is 1.94. The lowest BCUT2D eigenvalue weighted by molar-refractivity contribution is -0.140. The number of hydrogen-bond donors (Lipinski definition) is 0. The predicted octanol–water partition coefficient (Wildman–Crippen LogP) is 4.72. The molecule has 110 valence electrons. The first-order valence-corrected chi connectivity index (χ1v) is 7.68. The summed E-state index contributed by atoms with van der Waals surface area (Å²) in [5.41, 5.74) is 1.38. The van der Waals surface area contributed by atoms with Gasteiger partial charge >= 0.3 is 5.97 Å². The molecule has 0 N–H and O–H groups in total. The van der Waals surface area contributed by atoms with Crippen LogP contribution in [0.4, 0.5) is 0 Å². The third kappa shape index (κ3) is 3.84. The molecule has 2 rings (SSSR count). The van der Waals surface area contributed by atoms with Gasteiger partial charge in [-0.05, 0) is 54.7 Å². The van der Waals surface area contributed by atoms with Crippen LogP contribution in [0, 0.1) is 11.8 Å². The molecule has 20 heavy (non-hydrogen) atoms. The summed E-state index contributed by atoms with van der Waals surface area (Å²) in [6.45, 7) is 8.79. The quantitative estimate of drug-likeness (QED) is 0.576. The third-order valence-electron chi connectivity index (χ3n) is 4.29. The number of carbonyl (C=O) groups is 1. The third-order valence-corrected chi connectivity index (χ3v) is 4.29. The van der Waals surface area contributed by atoms with Crippen molar-refractivity contribution in [1.82, 2.24) is 0 Å². The van der Waals surface area contributed by atoms with Crippen LogP contribution in [-0.2, 0) is 10.2 Å². The van der Waals surface area contributed by atoms with Crippen molar-refractivity contribution in [3.63, 3.8) is 0 Å². The molecule has 0 bridgehead atoms. The largest absolute Gasteiger partial charge is 0.426 e. The molecule has 2 nitrogen and oxygen atoms in total. The summed E-state index contributed by atoms with van der Waals surface area (Å²) < 4.78 is 5.52. The lowest BCUT2D eigenvalue weighted by Gasteiger charge is -2.24. The average Bonchev–Trinajstić information content (AvgIpc) is 2.39. The van der Waals surface area contributed by atoms with Gasteiger partial charge in [-0.25, -0.2) is 0 Å². The number of rotatable bonds is 2. The topological polar surface area (TPSA) is 26.3 Å². The predicted molar refractivity (Wildman–Crippen MR) is 81.9 cm³/mol. The molecule has 0 aromatic heterocycles. The van der Waals surface area contributed by atoms with Crippen LogP contribution in [0.2, 0.25) is 0 Å². The Hall–Kier alpha value is -1.31. The number of carbonyl (C=O) groups excluding carboxylic acids is 1. The SMILES string of the molecule is CC1CCC(C(=O)Oc2ccc(C(C)(C)C)cc2)CC1. The summed E-state index contributed by atoms with van der Waals surface area (Å²) in [6.07, 6.45) is 4.23. The lowest BCUT2D eigenvalue weighted by Crippen LogP contribution is -2.25. The molecule has 1 aliphatic carbocycles. The van der Waals surface area contributed by atoms with E-state index < -0.39 is 0 Å². The molecule has 1 saturated carbocycles. The first-order valence-electron chi connectivity index (χ1n) is 7.68. The number of esters is 1. The van der Waals surface area contributed by atoms with E-state index in [1.807, 2.05) is 24.3 Å². The van der Waals surface area contributed by atoms with Crippen molar-refractivity contribution >= 4 is 5.97 Å². The normalized spacial score (nSPS) is 23.4. The Morgan fingerprint density at radius 3 is 2.10 bits per heavy atom. The van der Waals surface area contributed by atoms with Crippen molar-refractivity contribution in [3.05, 3.63) is 29.8 Å². The molecule has 0 radical (unpaired) electrons. The fourth-order valence-corrected chi connectivity index (χ4v) is 2.72. The highest BCUT2D eigenvalue weighted by Gasteiger charge is 2.26. The van der Waals surface area contributed by atoms with Crippen molar-refractivity contribution in [2.24, 2.45) is 11.8 Å². The Kier molecular flexibility index (Phi) is 4.52. The van der Waals surface area contributed by atoms with E-state index >= 15 is 0 Å². The second kappa shape index (κ2) is 5.99. The molecule has 1 aromatic carbocycles. The Labute approximate surface area is 122 Å². The standard InChI is InChI=1S/C18H26O2/c1-13-5-7-14(8-6-13)17(19)20-16-11-9-15(10-12-16)18(2,3)4/h9-14H,5-8H2,1-4H3. The smallest absolute Gasteiger partial charge is 0.314 e. The lowest BCUT2D eigenvalue weighted by atomic mass is 9.83. The summed E-state index contributed by atoms with van der Waals surface area (Å²) in [5.74, 6) is 1.46. The number of benzene rings is 1. The van der Waals surface area contributed by atoms with Crippen LogP contribution in [0.15, 0.2) is 24.3 Å². The molecule has 1 fully saturated rings. The zero-order valence-corrected chi connectivity index (χ0v) is 13.1. The van der Waals surface area contributed by atoms with Gasteiger partial charge in [-0.15, -0.1) is 0 Å². The first-order chi connectivity index (χ1) is 9.36. The summed E-state index contributed by atoms with van der Waals surface area (Å²) >= 11 is 0. The molecule has 0 heterocycles. The molecule has 1 aliphatic rings. The molecule has 0 spiro atoms.